The minimum Gasteiger partial charge on any atom is -0.343 e. The molecule has 1 saturated heterocycles. The number of alkyl halides is 1. The summed E-state index contributed by atoms with van der Waals surface area (Å²) in [4.78, 5) is 27.9. The quantitative estimate of drug-likeness (QED) is 0.547. The van der Waals surface area contributed by atoms with Crippen LogP contribution in [0, 0.1) is 13.8 Å². The van der Waals surface area contributed by atoms with Crippen LogP contribution < -0.4 is 5.32 Å². The number of benzene rings is 2. The van der Waals surface area contributed by atoms with E-state index in [9.17, 15) is 14.0 Å². The van der Waals surface area contributed by atoms with Gasteiger partial charge in [-0.1, -0.05) is 68.4 Å². The van der Waals surface area contributed by atoms with Crippen molar-refractivity contribution in [3.8, 4) is 0 Å². The molecule has 3 unspecified atom stereocenters. The summed E-state index contributed by atoms with van der Waals surface area (Å²) >= 11 is 0. The molecule has 0 aliphatic carbocycles. The highest BCUT2D eigenvalue weighted by Crippen LogP contribution is 2.27. The Morgan fingerprint density at radius 3 is 2.26 bits per heavy atom. The predicted molar refractivity (Wildman–Crippen MR) is 134 cm³/mol. The number of carbonyl (C=O) groups excluding carboxylic acids is 2. The van der Waals surface area contributed by atoms with Gasteiger partial charge in [0.2, 0.25) is 11.8 Å². The van der Waals surface area contributed by atoms with Gasteiger partial charge >= 0.3 is 0 Å². The average Bonchev–Trinajstić information content (AvgIpc) is 3.39. The number of hydrogen-bond acceptors (Lipinski definition) is 3. The number of halogens is 1. The summed E-state index contributed by atoms with van der Waals surface area (Å²) in [5.41, 5.74) is 4.73. The van der Waals surface area contributed by atoms with E-state index < -0.39 is 18.3 Å². The lowest BCUT2D eigenvalue weighted by Gasteiger charge is -2.27. The number of likely N-dealkylation sites (tertiary alicyclic amines) is 1. The summed E-state index contributed by atoms with van der Waals surface area (Å²) in [6.07, 6.45) is -1.25. The number of hydrogen-bond donors (Lipinski definition) is 1. The molecule has 184 valence electrons. The number of amides is 2. The molecule has 4 rings (SSSR count). The Hall–Kier alpha value is -3.48. The third kappa shape index (κ3) is 5.61. The summed E-state index contributed by atoms with van der Waals surface area (Å²) < 4.78 is 16.1. The molecule has 3 atom stereocenters. The second kappa shape index (κ2) is 10.4. The maximum Gasteiger partial charge on any atom is 0.245 e. The molecule has 3 aromatic rings. The summed E-state index contributed by atoms with van der Waals surface area (Å²) in [6, 6.07) is 18.5. The fourth-order valence-electron chi connectivity index (χ4n) is 4.68. The molecule has 2 heterocycles. The molecule has 2 amide bonds. The average molecular weight is 477 g/mol. The van der Waals surface area contributed by atoms with Crippen molar-refractivity contribution in [1.82, 2.24) is 20.0 Å². The molecular formula is C28H33FN4O2. The van der Waals surface area contributed by atoms with Crippen LogP contribution in [0.15, 0.2) is 60.7 Å². The van der Waals surface area contributed by atoms with Gasteiger partial charge in [-0.15, -0.1) is 0 Å². The van der Waals surface area contributed by atoms with Crippen LogP contribution in [-0.2, 0) is 16.1 Å². The van der Waals surface area contributed by atoms with Gasteiger partial charge in [0, 0.05) is 12.1 Å². The van der Waals surface area contributed by atoms with E-state index in [2.05, 4.69) is 36.4 Å². The number of aryl methyl sites for hydroxylation is 2. The summed E-state index contributed by atoms with van der Waals surface area (Å²) in [5.74, 6) is -0.265. The second-order valence-electron chi connectivity index (χ2n) is 9.65. The highest BCUT2D eigenvalue weighted by atomic mass is 19.1. The topological polar surface area (TPSA) is 67.2 Å². The molecule has 7 heteroatoms. The molecule has 0 bridgehead atoms. The molecule has 1 fully saturated rings. The predicted octanol–water partition coefficient (Wildman–Crippen LogP) is 4.47. The number of aromatic nitrogens is 2. The van der Waals surface area contributed by atoms with E-state index >= 15 is 0 Å². The second-order valence-corrected chi connectivity index (χ2v) is 9.65. The third-order valence-electron chi connectivity index (χ3n) is 6.62. The van der Waals surface area contributed by atoms with E-state index in [4.69, 9.17) is 0 Å². The van der Waals surface area contributed by atoms with Crippen molar-refractivity contribution in [3.63, 3.8) is 0 Å². The van der Waals surface area contributed by atoms with E-state index in [1.807, 2.05) is 62.4 Å². The van der Waals surface area contributed by atoms with Crippen LogP contribution in [0.1, 0.15) is 60.3 Å². The molecule has 0 radical (unpaired) electrons. The van der Waals surface area contributed by atoms with Crippen molar-refractivity contribution in [3.05, 3.63) is 88.7 Å². The van der Waals surface area contributed by atoms with E-state index in [-0.39, 0.29) is 31.3 Å². The molecule has 0 saturated carbocycles. The highest BCUT2D eigenvalue weighted by Gasteiger charge is 2.40. The van der Waals surface area contributed by atoms with E-state index in [0.29, 0.717) is 5.92 Å². The minimum atomic E-state index is -1.24. The molecule has 35 heavy (non-hydrogen) atoms. The fourth-order valence-corrected chi connectivity index (χ4v) is 4.68. The molecule has 1 aromatic heterocycles. The Kier molecular flexibility index (Phi) is 7.34. The first-order valence-electron chi connectivity index (χ1n) is 12.1. The summed E-state index contributed by atoms with van der Waals surface area (Å²) in [5, 5.41) is 7.44. The molecule has 2 aromatic carbocycles. The Labute approximate surface area is 206 Å². The summed E-state index contributed by atoms with van der Waals surface area (Å²) in [7, 11) is 0. The normalized spacial score (nSPS) is 18.6. The molecule has 0 spiro atoms. The van der Waals surface area contributed by atoms with Crippen LogP contribution in [0.5, 0.6) is 0 Å². The zero-order chi connectivity index (χ0) is 25.1. The van der Waals surface area contributed by atoms with Crippen molar-refractivity contribution in [2.75, 3.05) is 6.54 Å². The van der Waals surface area contributed by atoms with Crippen LogP contribution in [0.4, 0.5) is 4.39 Å². The monoisotopic (exact) mass is 476 g/mol. The number of rotatable bonds is 7. The minimum absolute atomic E-state index is 0.0114. The van der Waals surface area contributed by atoms with Crippen molar-refractivity contribution in [1.29, 1.82) is 0 Å². The summed E-state index contributed by atoms with van der Waals surface area (Å²) in [6.45, 7) is 7.89. The smallest absolute Gasteiger partial charge is 0.245 e. The van der Waals surface area contributed by atoms with Crippen molar-refractivity contribution < 1.29 is 14.0 Å². The first-order valence-corrected chi connectivity index (χ1v) is 12.1. The zero-order valence-corrected chi connectivity index (χ0v) is 20.7. The zero-order valence-electron chi connectivity index (χ0n) is 20.7. The van der Waals surface area contributed by atoms with Crippen LogP contribution in [-0.4, -0.2) is 45.3 Å². The fraction of sp³-hybridized carbons (Fsp3) is 0.393. The molecular weight excluding hydrogens is 443 g/mol. The number of nitrogens with one attached hydrogen (secondary N) is 1. The Morgan fingerprint density at radius 1 is 1.03 bits per heavy atom. The lowest BCUT2D eigenvalue weighted by Crippen LogP contribution is -2.48. The van der Waals surface area contributed by atoms with Crippen LogP contribution in [0.2, 0.25) is 0 Å². The maximum absolute atomic E-state index is 14.5. The molecule has 1 aliphatic heterocycles. The van der Waals surface area contributed by atoms with Gasteiger partial charge in [-0.3, -0.25) is 14.3 Å². The van der Waals surface area contributed by atoms with E-state index in [1.165, 1.54) is 10.5 Å². The number of nitrogens with zero attached hydrogens (tertiary/aromatic N) is 3. The van der Waals surface area contributed by atoms with Crippen LogP contribution in [0.3, 0.4) is 0 Å². The lowest BCUT2D eigenvalue weighted by molar-refractivity contribution is -0.139. The largest absolute Gasteiger partial charge is 0.343 e. The van der Waals surface area contributed by atoms with Crippen molar-refractivity contribution in [2.24, 2.45) is 0 Å². The van der Waals surface area contributed by atoms with E-state index in [1.54, 1.807) is 4.68 Å². The van der Waals surface area contributed by atoms with E-state index in [0.717, 1.165) is 22.5 Å². The first kappa shape index (κ1) is 24.6. The number of carbonyl (C=O) groups is 2. The lowest BCUT2D eigenvalue weighted by atomic mass is 9.95. The Morgan fingerprint density at radius 2 is 1.66 bits per heavy atom. The molecule has 1 N–H and O–H groups in total. The first-order chi connectivity index (χ1) is 16.7. The van der Waals surface area contributed by atoms with Gasteiger partial charge in [0.25, 0.3) is 0 Å². The standard InChI is InChI=1S/C28H33FN4O2/c1-18(2)21-10-12-23(13-11-21)27(22-8-6-5-7-9-22)30-28(35)25-15-24(29)16-32(25)26(34)17-33-20(4)14-19(3)31-33/h5-14,18,24-25,27H,15-17H2,1-4H3,(H,30,35). The SMILES string of the molecule is Cc1cc(C)n(CC(=O)N2CC(F)CC2C(=O)NC(c2ccccc2)c2ccc(C(C)C)cc2)n1. The van der Waals surface area contributed by atoms with Gasteiger partial charge in [-0.2, -0.15) is 5.10 Å². The maximum atomic E-state index is 14.5. The molecule has 6 nitrogen and oxygen atoms in total. The Bertz CT molecular complexity index is 1170. The molecule has 1 aliphatic rings. The van der Waals surface area contributed by atoms with Gasteiger partial charge in [0.1, 0.15) is 18.8 Å². The third-order valence-corrected chi connectivity index (χ3v) is 6.62. The van der Waals surface area contributed by atoms with Crippen LogP contribution in [0.25, 0.3) is 0 Å². The van der Waals surface area contributed by atoms with Crippen molar-refractivity contribution in [2.45, 2.75) is 64.8 Å². The van der Waals surface area contributed by atoms with Crippen molar-refractivity contribution >= 4 is 11.8 Å². The van der Waals surface area contributed by atoms with Crippen LogP contribution >= 0.6 is 0 Å². The van der Waals surface area contributed by atoms with Gasteiger partial charge in [0.15, 0.2) is 0 Å². The highest BCUT2D eigenvalue weighted by molar-refractivity contribution is 5.89. The van der Waals surface area contributed by atoms with Gasteiger partial charge in [-0.25, -0.2) is 4.39 Å². The van der Waals surface area contributed by atoms with Gasteiger partial charge in [-0.05, 0) is 42.5 Å². The van der Waals surface area contributed by atoms with Gasteiger partial charge < -0.3 is 10.2 Å². The van der Waals surface area contributed by atoms with Gasteiger partial charge in [0.05, 0.1) is 18.3 Å². The Balaban J connectivity index is 1.56.